The molecule has 2 unspecified atom stereocenters. The van der Waals surface area contributed by atoms with E-state index in [4.69, 9.17) is 0 Å². The number of carboxylic acids is 1. The first-order valence-electron chi connectivity index (χ1n) is 7.26. The molecule has 1 N–H and O–H groups in total. The average molecular weight is 304 g/mol. The SMILES string of the molecule is CC1=C(C)CC(C(=O)NCc2ccc(F)cc2)C(C(=O)[O-])C1. The van der Waals surface area contributed by atoms with Gasteiger partial charge in [-0.3, -0.25) is 4.79 Å². The van der Waals surface area contributed by atoms with Crippen LogP contribution in [0.2, 0.25) is 0 Å². The molecule has 0 aromatic heterocycles. The van der Waals surface area contributed by atoms with Crippen molar-refractivity contribution in [3.8, 4) is 0 Å². The Morgan fingerprint density at radius 3 is 2.23 bits per heavy atom. The third kappa shape index (κ3) is 3.72. The van der Waals surface area contributed by atoms with Crippen molar-refractivity contribution in [2.24, 2.45) is 11.8 Å². The summed E-state index contributed by atoms with van der Waals surface area (Å²) in [5, 5.41) is 14.0. The predicted octanol–water partition coefficient (Wildman–Crippen LogP) is 1.55. The number of allylic oxidation sites excluding steroid dienone is 2. The maximum absolute atomic E-state index is 12.8. The summed E-state index contributed by atoms with van der Waals surface area (Å²) in [6.45, 7) is 4.05. The van der Waals surface area contributed by atoms with Crippen LogP contribution in [0.25, 0.3) is 0 Å². The summed E-state index contributed by atoms with van der Waals surface area (Å²) in [5.41, 5.74) is 2.83. The minimum atomic E-state index is -1.19. The first kappa shape index (κ1) is 16.2. The molecule has 0 bridgehead atoms. The summed E-state index contributed by atoms with van der Waals surface area (Å²) in [6.07, 6.45) is 0.780. The number of benzene rings is 1. The van der Waals surface area contributed by atoms with E-state index in [2.05, 4.69) is 5.32 Å². The summed E-state index contributed by atoms with van der Waals surface area (Å²) >= 11 is 0. The average Bonchev–Trinajstić information content (AvgIpc) is 2.48. The number of carbonyl (C=O) groups excluding carboxylic acids is 2. The molecular formula is C17H19FNO3-. The number of nitrogens with one attached hydrogen (secondary N) is 1. The fourth-order valence-corrected chi connectivity index (χ4v) is 2.74. The summed E-state index contributed by atoms with van der Waals surface area (Å²) in [4.78, 5) is 23.6. The van der Waals surface area contributed by atoms with Crippen molar-refractivity contribution in [3.05, 3.63) is 46.8 Å². The second-order valence-corrected chi connectivity index (χ2v) is 5.85. The highest BCUT2D eigenvalue weighted by Gasteiger charge is 2.33. The molecule has 22 heavy (non-hydrogen) atoms. The van der Waals surface area contributed by atoms with Crippen molar-refractivity contribution in [1.82, 2.24) is 5.32 Å². The van der Waals surface area contributed by atoms with Gasteiger partial charge in [-0.05, 0) is 44.4 Å². The van der Waals surface area contributed by atoms with Crippen molar-refractivity contribution in [2.75, 3.05) is 0 Å². The number of aliphatic carboxylic acids is 1. The number of halogens is 1. The van der Waals surface area contributed by atoms with Gasteiger partial charge >= 0.3 is 0 Å². The van der Waals surface area contributed by atoms with Gasteiger partial charge in [0.1, 0.15) is 5.82 Å². The molecule has 1 aromatic carbocycles. The lowest BCUT2D eigenvalue weighted by Crippen LogP contribution is -2.44. The number of hydrogen-bond donors (Lipinski definition) is 1. The number of amides is 1. The van der Waals surface area contributed by atoms with Crippen molar-refractivity contribution in [1.29, 1.82) is 0 Å². The zero-order valence-electron chi connectivity index (χ0n) is 12.7. The minimum absolute atomic E-state index is 0.247. The Balaban J connectivity index is 2.04. The van der Waals surface area contributed by atoms with Crippen LogP contribution in [0.4, 0.5) is 4.39 Å². The van der Waals surface area contributed by atoms with Crippen LogP contribution in [0.15, 0.2) is 35.4 Å². The van der Waals surface area contributed by atoms with Gasteiger partial charge in [0.05, 0.1) is 0 Å². The van der Waals surface area contributed by atoms with Crippen molar-refractivity contribution in [2.45, 2.75) is 33.2 Å². The molecule has 4 nitrogen and oxygen atoms in total. The number of carbonyl (C=O) groups is 2. The van der Waals surface area contributed by atoms with Gasteiger partial charge in [0, 0.05) is 24.3 Å². The molecule has 0 aliphatic heterocycles. The van der Waals surface area contributed by atoms with E-state index in [9.17, 15) is 19.1 Å². The Kier molecular flexibility index (Phi) is 4.96. The minimum Gasteiger partial charge on any atom is -0.550 e. The zero-order valence-corrected chi connectivity index (χ0v) is 12.7. The molecule has 2 atom stereocenters. The summed E-state index contributed by atoms with van der Waals surface area (Å²) < 4.78 is 12.8. The van der Waals surface area contributed by atoms with Crippen LogP contribution in [0.1, 0.15) is 32.3 Å². The molecule has 5 heteroatoms. The van der Waals surface area contributed by atoms with Gasteiger partial charge in [-0.15, -0.1) is 0 Å². The van der Waals surface area contributed by atoms with Crippen LogP contribution in [-0.2, 0) is 16.1 Å². The molecule has 1 aliphatic carbocycles. The second-order valence-electron chi connectivity index (χ2n) is 5.85. The van der Waals surface area contributed by atoms with E-state index < -0.39 is 17.8 Å². The fraction of sp³-hybridized carbons (Fsp3) is 0.412. The van der Waals surface area contributed by atoms with Gasteiger partial charge < -0.3 is 15.2 Å². The van der Waals surface area contributed by atoms with Crippen molar-refractivity contribution in [3.63, 3.8) is 0 Å². The molecule has 0 saturated heterocycles. The van der Waals surface area contributed by atoms with Crippen LogP contribution in [0.5, 0.6) is 0 Å². The van der Waals surface area contributed by atoms with E-state index in [-0.39, 0.29) is 18.3 Å². The van der Waals surface area contributed by atoms with Crippen LogP contribution in [-0.4, -0.2) is 11.9 Å². The Morgan fingerprint density at radius 2 is 1.68 bits per heavy atom. The molecule has 1 aliphatic rings. The molecule has 0 radical (unpaired) electrons. The van der Waals surface area contributed by atoms with Crippen LogP contribution < -0.4 is 10.4 Å². The van der Waals surface area contributed by atoms with E-state index >= 15 is 0 Å². The highest BCUT2D eigenvalue weighted by Crippen LogP contribution is 2.34. The Hall–Kier alpha value is -2.17. The molecular weight excluding hydrogens is 285 g/mol. The Labute approximate surface area is 129 Å². The standard InChI is InChI=1S/C17H20FNO3/c1-10-7-14(15(17(21)22)8-11(10)2)16(20)19-9-12-3-5-13(18)6-4-12/h3-6,14-15H,7-9H2,1-2H3,(H,19,20)(H,21,22)/p-1. The van der Waals surface area contributed by atoms with E-state index in [1.807, 2.05) is 13.8 Å². The lowest BCUT2D eigenvalue weighted by atomic mass is 9.76. The number of carboxylic acid groups (broad SMARTS) is 1. The van der Waals surface area contributed by atoms with E-state index in [0.717, 1.165) is 16.7 Å². The summed E-state index contributed by atoms with van der Waals surface area (Å²) in [7, 11) is 0. The van der Waals surface area contributed by atoms with Gasteiger partial charge in [0.15, 0.2) is 0 Å². The second kappa shape index (κ2) is 6.73. The molecule has 1 amide bonds. The van der Waals surface area contributed by atoms with Crippen molar-refractivity contribution >= 4 is 11.9 Å². The monoisotopic (exact) mass is 304 g/mol. The third-order valence-electron chi connectivity index (χ3n) is 4.29. The normalized spacial score (nSPS) is 21.6. The molecule has 0 heterocycles. The van der Waals surface area contributed by atoms with E-state index in [0.29, 0.717) is 12.8 Å². The third-order valence-corrected chi connectivity index (χ3v) is 4.29. The molecule has 118 valence electrons. The lowest BCUT2D eigenvalue weighted by Gasteiger charge is -2.32. The van der Waals surface area contributed by atoms with Crippen molar-refractivity contribution < 1.29 is 19.1 Å². The number of rotatable bonds is 4. The fourth-order valence-electron chi connectivity index (χ4n) is 2.74. The van der Waals surface area contributed by atoms with E-state index in [1.165, 1.54) is 12.1 Å². The first-order valence-corrected chi connectivity index (χ1v) is 7.26. The van der Waals surface area contributed by atoms with E-state index in [1.54, 1.807) is 12.1 Å². The smallest absolute Gasteiger partial charge is 0.224 e. The van der Waals surface area contributed by atoms with Crippen LogP contribution in [0.3, 0.4) is 0 Å². The quantitative estimate of drug-likeness (QED) is 0.858. The summed E-state index contributed by atoms with van der Waals surface area (Å²) in [6, 6.07) is 5.81. The van der Waals surface area contributed by atoms with Gasteiger partial charge in [0.25, 0.3) is 0 Å². The maximum Gasteiger partial charge on any atom is 0.224 e. The van der Waals surface area contributed by atoms with Crippen LogP contribution >= 0.6 is 0 Å². The number of hydrogen-bond acceptors (Lipinski definition) is 3. The van der Waals surface area contributed by atoms with Gasteiger partial charge in [-0.2, -0.15) is 0 Å². The first-order chi connectivity index (χ1) is 10.4. The molecule has 1 aromatic rings. The molecule has 0 spiro atoms. The zero-order chi connectivity index (χ0) is 16.3. The molecule has 0 fully saturated rings. The lowest BCUT2D eigenvalue weighted by molar-refractivity contribution is -0.313. The van der Waals surface area contributed by atoms with Gasteiger partial charge in [-0.25, -0.2) is 4.39 Å². The predicted molar refractivity (Wildman–Crippen MR) is 77.8 cm³/mol. The van der Waals surface area contributed by atoms with Gasteiger partial charge in [0.2, 0.25) is 5.91 Å². The maximum atomic E-state index is 12.8. The topological polar surface area (TPSA) is 69.2 Å². The Bertz CT molecular complexity index is 607. The molecule has 2 rings (SSSR count). The summed E-state index contributed by atoms with van der Waals surface area (Å²) in [5.74, 6) is -3.24. The largest absolute Gasteiger partial charge is 0.550 e. The highest BCUT2D eigenvalue weighted by atomic mass is 19.1. The van der Waals surface area contributed by atoms with Gasteiger partial charge in [-0.1, -0.05) is 23.3 Å². The Morgan fingerprint density at radius 1 is 1.14 bits per heavy atom. The molecule has 0 saturated carbocycles. The highest BCUT2D eigenvalue weighted by molar-refractivity contribution is 5.85. The van der Waals surface area contributed by atoms with Crippen LogP contribution in [0, 0.1) is 17.7 Å².